The minimum Gasteiger partial charge on any atom is -0.481 e. The SMILES string of the molecule is Cc1nc(NCC2(C(=O)O)CC2)ccc1[N+](=O)[O-]. The van der Waals surface area contributed by atoms with Gasteiger partial charge in [0, 0.05) is 12.6 Å². The van der Waals surface area contributed by atoms with Gasteiger partial charge in [0.05, 0.1) is 10.3 Å². The van der Waals surface area contributed by atoms with E-state index in [-0.39, 0.29) is 5.69 Å². The average molecular weight is 251 g/mol. The Morgan fingerprint density at radius 1 is 1.61 bits per heavy atom. The normalized spacial score (nSPS) is 16.1. The number of aliphatic carboxylic acids is 1. The summed E-state index contributed by atoms with van der Waals surface area (Å²) in [6.07, 6.45) is 1.31. The molecule has 7 nitrogen and oxygen atoms in total. The molecule has 1 aromatic heterocycles. The van der Waals surface area contributed by atoms with Gasteiger partial charge in [0.1, 0.15) is 11.5 Å². The molecule has 96 valence electrons. The molecule has 0 aliphatic heterocycles. The standard InChI is InChI=1S/C11H13N3O4/c1-7-8(14(17)18)2-3-9(13-7)12-6-11(4-5-11)10(15)16/h2-3H,4-6H2,1H3,(H,12,13)(H,15,16). The Morgan fingerprint density at radius 2 is 2.28 bits per heavy atom. The zero-order chi connectivity index (χ0) is 13.3. The summed E-state index contributed by atoms with van der Waals surface area (Å²) >= 11 is 0. The summed E-state index contributed by atoms with van der Waals surface area (Å²) < 4.78 is 0. The van der Waals surface area contributed by atoms with Gasteiger partial charge in [-0.1, -0.05) is 0 Å². The number of carboxylic acids is 1. The van der Waals surface area contributed by atoms with Crippen molar-refractivity contribution in [2.75, 3.05) is 11.9 Å². The van der Waals surface area contributed by atoms with E-state index in [1.165, 1.54) is 12.1 Å². The Labute approximate surface area is 103 Å². The van der Waals surface area contributed by atoms with Crippen LogP contribution in [0.2, 0.25) is 0 Å². The molecule has 0 amide bonds. The largest absolute Gasteiger partial charge is 0.481 e. The number of nitrogens with zero attached hydrogens (tertiary/aromatic N) is 2. The fourth-order valence-electron chi connectivity index (χ4n) is 1.72. The molecule has 1 aromatic rings. The monoisotopic (exact) mass is 251 g/mol. The third kappa shape index (κ3) is 2.24. The molecule has 0 saturated heterocycles. The van der Waals surface area contributed by atoms with E-state index in [2.05, 4.69) is 10.3 Å². The molecule has 0 atom stereocenters. The number of nitrogens with one attached hydrogen (secondary N) is 1. The van der Waals surface area contributed by atoms with Gasteiger partial charge >= 0.3 is 5.97 Å². The highest BCUT2D eigenvalue weighted by Crippen LogP contribution is 2.45. The van der Waals surface area contributed by atoms with Crippen molar-refractivity contribution >= 4 is 17.5 Å². The number of anilines is 1. The Balaban J connectivity index is 2.05. The summed E-state index contributed by atoms with van der Waals surface area (Å²) in [5, 5.41) is 22.5. The lowest BCUT2D eigenvalue weighted by molar-refractivity contribution is -0.385. The van der Waals surface area contributed by atoms with Gasteiger partial charge in [-0.25, -0.2) is 4.98 Å². The van der Waals surface area contributed by atoms with Gasteiger partial charge in [0.15, 0.2) is 0 Å². The van der Waals surface area contributed by atoms with Crippen molar-refractivity contribution in [1.82, 2.24) is 4.98 Å². The summed E-state index contributed by atoms with van der Waals surface area (Å²) in [6, 6.07) is 2.86. The van der Waals surface area contributed by atoms with Gasteiger partial charge in [-0.2, -0.15) is 0 Å². The van der Waals surface area contributed by atoms with Gasteiger partial charge in [-0.3, -0.25) is 14.9 Å². The minimum absolute atomic E-state index is 0.0417. The first-order valence-electron chi connectivity index (χ1n) is 5.54. The number of hydrogen-bond acceptors (Lipinski definition) is 5. The fraction of sp³-hybridized carbons (Fsp3) is 0.455. The summed E-state index contributed by atoms with van der Waals surface area (Å²) in [6.45, 7) is 1.85. The van der Waals surface area contributed by atoms with E-state index in [0.29, 0.717) is 30.9 Å². The molecular formula is C11H13N3O4. The molecule has 2 N–H and O–H groups in total. The second-order valence-electron chi connectivity index (χ2n) is 4.50. The van der Waals surface area contributed by atoms with Crippen LogP contribution in [-0.4, -0.2) is 27.5 Å². The molecule has 0 bridgehead atoms. The highest BCUT2D eigenvalue weighted by atomic mass is 16.6. The maximum Gasteiger partial charge on any atom is 0.311 e. The maximum absolute atomic E-state index is 11.0. The van der Waals surface area contributed by atoms with Gasteiger partial charge in [0.2, 0.25) is 0 Å². The highest BCUT2D eigenvalue weighted by Gasteiger charge is 2.50. The van der Waals surface area contributed by atoms with Crippen molar-refractivity contribution in [2.24, 2.45) is 5.41 Å². The number of pyridine rings is 1. The van der Waals surface area contributed by atoms with Crippen molar-refractivity contribution < 1.29 is 14.8 Å². The number of aromatic nitrogens is 1. The molecule has 0 spiro atoms. The second kappa shape index (κ2) is 4.25. The van der Waals surface area contributed by atoms with E-state index in [1.54, 1.807) is 6.92 Å². The topological polar surface area (TPSA) is 105 Å². The van der Waals surface area contributed by atoms with E-state index in [1.807, 2.05) is 0 Å². The van der Waals surface area contributed by atoms with Crippen LogP contribution in [-0.2, 0) is 4.79 Å². The Kier molecular flexibility index (Phi) is 2.90. The lowest BCUT2D eigenvalue weighted by Crippen LogP contribution is -2.24. The first-order valence-corrected chi connectivity index (χ1v) is 5.54. The molecule has 18 heavy (non-hydrogen) atoms. The predicted molar refractivity (Wildman–Crippen MR) is 63.4 cm³/mol. The van der Waals surface area contributed by atoms with Crippen LogP contribution in [0.1, 0.15) is 18.5 Å². The summed E-state index contributed by atoms with van der Waals surface area (Å²) in [4.78, 5) is 25.1. The molecular weight excluding hydrogens is 238 g/mol. The van der Waals surface area contributed by atoms with Gasteiger partial charge < -0.3 is 10.4 Å². The van der Waals surface area contributed by atoms with Crippen molar-refractivity contribution in [3.8, 4) is 0 Å². The van der Waals surface area contributed by atoms with Crippen LogP contribution >= 0.6 is 0 Å². The lowest BCUT2D eigenvalue weighted by atomic mass is 10.1. The average Bonchev–Trinajstić information content (AvgIpc) is 3.07. The van der Waals surface area contributed by atoms with Crippen LogP contribution in [0.25, 0.3) is 0 Å². The fourth-order valence-corrected chi connectivity index (χ4v) is 1.72. The Hall–Kier alpha value is -2.18. The molecule has 2 rings (SSSR count). The quantitative estimate of drug-likeness (QED) is 0.607. The number of aryl methyl sites for hydroxylation is 1. The molecule has 1 fully saturated rings. The predicted octanol–water partition coefficient (Wildman–Crippen LogP) is 1.57. The molecule has 0 radical (unpaired) electrons. The molecule has 7 heteroatoms. The van der Waals surface area contributed by atoms with Crippen molar-refractivity contribution in [3.05, 3.63) is 27.9 Å². The van der Waals surface area contributed by atoms with Crippen LogP contribution in [0.3, 0.4) is 0 Å². The van der Waals surface area contributed by atoms with E-state index in [0.717, 1.165) is 0 Å². The molecule has 0 unspecified atom stereocenters. The van der Waals surface area contributed by atoms with Crippen molar-refractivity contribution in [1.29, 1.82) is 0 Å². The number of carboxylic acid groups (broad SMARTS) is 1. The third-order valence-corrected chi connectivity index (χ3v) is 3.17. The van der Waals surface area contributed by atoms with E-state index in [4.69, 9.17) is 5.11 Å². The van der Waals surface area contributed by atoms with Crippen LogP contribution in [0.15, 0.2) is 12.1 Å². The molecule has 1 saturated carbocycles. The van der Waals surface area contributed by atoms with Crippen LogP contribution in [0.5, 0.6) is 0 Å². The number of rotatable bonds is 5. The van der Waals surface area contributed by atoms with E-state index >= 15 is 0 Å². The van der Waals surface area contributed by atoms with Crippen LogP contribution in [0.4, 0.5) is 11.5 Å². The Bertz CT molecular complexity index is 511. The lowest BCUT2D eigenvalue weighted by Gasteiger charge is -2.11. The van der Waals surface area contributed by atoms with Crippen LogP contribution < -0.4 is 5.32 Å². The van der Waals surface area contributed by atoms with Gasteiger partial charge in [-0.05, 0) is 25.8 Å². The second-order valence-corrected chi connectivity index (χ2v) is 4.50. The summed E-state index contributed by atoms with van der Waals surface area (Å²) in [5.74, 6) is -0.348. The van der Waals surface area contributed by atoms with Crippen molar-refractivity contribution in [2.45, 2.75) is 19.8 Å². The third-order valence-electron chi connectivity index (χ3n) is 3.17. The molecule has 0 aromatic carbocycles. The van der Waals surface area contributed by atoms with Gasteiger partial charge in [-0.15, -0.1) is 0 Å². The number of carbonyl (C=O) groups is 1. The van der Waals surface area contributed by atoms with Crippen LogP contribution in [0, 0.1) is 22.5 Å². The first-order chi connectivity index (χ1) is 8.44. The van der Waals surface area contributed by atoms with E-state index < -0.39 is 16.3 Å². The number of nitro groups is 1. The number of hydrogen-bond donors (Lipinski definition) is 2. The maximum atomic E-state index is 11.0. The summed E-state index contributed by atoms with van der Waals surface area (Å²) in [7, 11) is 0. The summed E-state index contributed by atoms with van der Waals surface area (Å²) in [5.41, 5.74) is -0.415. The molecule has 1 aliphatic carbocycles. The minimum atomic E-state index is -0.811. The Morgan fingerprint density at radius 3 is 2.72 bits per heavy atom. The zero-order valence-electron chi connectivity index (χ0n) is 9.84. The van der Waals surface area contributed by atoms with Crippen molar-refractivity contribution in [3.63, 3.8) is 0 Å². The smallest absolute Gasteiger partial charge is 0.311 e. The zero-order valence-corrected chi connectivity index (χ0v) is 9.84. The highest BCUT2D eigenvalue weighted by molar-refractivity contribution is 5.78. The van der Waals surface area contributed by atoms with Gasteiger partial charge in [0.25, 0.3) is 5.69 Å². The van der Waals surface area contributed by atoms with E-state index in [9.17, 15) is 14.9 Å². The molecule has 1 heterocycles. The first kappa shape index (κ1) is 12.3. The molecule has 1 aliphatic rings.